The molecule has 0 aliphatic heterocycles. The molecule has 0 saturated heterocycles. The standard InChI is InChI=1S/C11H23NS/c1-10-5-3-6-11(12,9-10)7-4-8-13-2/h10H,3-9,12H2,1-2H3. The molecule has 0 radical (unpaired) electrons. The Balaban J connectivity index is 2.27. The zero-order valence-electron chi connectivity index (χ0n) is 9.01. The molecule has 2 heteroatoms. The van der Waals surface area contributed by atoms with Crippen molar-refractivity contribution in [1.82, 2.24) is 0 Å². The van der Waals surface area contributed by atoms with Crippen LogP contribution in [-0.4, -0.2) is 17.5 Å². The first-order chi connectivity index (χ1) is 6.16. The van der Waals surface area contributed by atoms with E-state index in [4.69, 9.17) is 5.73 Å². The maximum atomic E-state index is 6.38. The number of rotatable bonds is 4. The van der Waals surface area contributed by atoms with Crippen molar-refractivity contribution in [3.8, 4) is 0 Å². The molecule has 0 amide bonds. The van der Waals surface area contributed by atoms with Crippen LogP contribution in [0.1, 0.15) is 45.4 Å². The third-order valence-corrected chi connectivity index (χ3v) is 3.85. The number of nitrogens with two attached hydrogens (primary N) is 1. The van der Waals surface area contributed by atoms with Crippen molar-refractivity contribution in [1.29, 1.82) is 0 Å². The van der Waals surface area contributed by atoms with Gasteiger partial charge in [-0.15, -0.1) is 0 Å². The highest BCUT2D eigenvalue weighted by molar-refractivity contribution is 7.98. The Morgan fingerprint density at radius 1 is 1.54 bits per heavy atom. The van der Waals surface area contributed by atoms with Crippen LogP contribution in [0.2, 0.25) is 0 Å². The fourth-order valence-corrected chi connectivity index (χ4v) is 2.93. The quantitative estimate of drug-likeness (QED) is 0.708. The van der Waals surface area contributed by atoms with Crippen LogP contribution in [0, 0.1) is 5.92 Å². The van der Waals surface area contributed by atoms with Crippen LogP contribution in [0.5, 0.6) is 0 Å². The molecule has 0 spiro atoms. The zero-order chi connectivity index (χ0) is 9.73. The van der Waals surface area contributed by atoms with Gasteiger partial charge in [-0.05, 0) is 43.6 Å². The van der Waals surface area contributed by atoms with Gasteiger partial charge in [-0.1, -0.05) is 19.8 Å². The first kappa shape index (κ1) is 11.4. The van der Waals surface area contributed by atoms with Crippen molar-refractivity contribution in [3.63, 3.8) is 0 Å². The summed E-state index contributed by atoms with van der Waals surface area (Å²) < 4.78 is 0. The van der Waals surface area contributed by atoms with Gasteiger partial charge in [-0.25, -0.2) is 0 Å². The summed E-state index contributed by atoms with van der Waals surface area (Å²) in [6.45, 7) is 2.34. The Kier molecular flexibility index (Phi) is 4.60. The lowest BCUT2D eigenvalue weighted by molar-refractivity contribution is 0.222. The molecule has 1 rings (SSSR count). The maximum Gasteiger partial charge on any atom is 0.0157 e. The van der Waals surface area contributed by atoms with Gasteiger partial charge in [0.25, 0.3) is 0 Å². The molecule has 0 bridgehead atoms. The molecule has 2 N–H and O–H groups in total. The van der Waals surface area contributed by atoms with Gasteiger partial charge in [-0.3, -0.25) is 0 Å². The monoisotopic (exact) mass is 201 g/mol. The van der Waals surface area contributed by atoms with Crippen molar-refractivity contribution in [2.75, 3.05) is 12.0 Å². The fourth-order valence-electron chi connectivity index (χ4n) is 2.50. The van der Waals surface area contributed by atoms with Gasteiger partial charge in [-0.2, -0.15) is 11.8 Å². The highest BCUT2D eigenvalue weighted by Crippen LogP contribution is 2.33. The average Bonchev–Trinajstić information content (AvgIpc) is 2.04. The lowest BCUT2D eigenvalue weighted by Gasteiger charge is -2.37. The Labute approximate surface area is 86.8 Å². The summed E-state index contributed by atoms with van der Waals surface area (Å²) in [4.78, 5) is 0. The third kappa shape index (κ3) is 3.90. The second kappa shape index (κ2) is 5.26. The summed E-state index contributed by atoms with van der Waals surface area (Å²) in [5, 5.41) is 0. The molecule has 0 aromatic heterocycles. The normalized spacial score (nSPS) is 34.8. The van der Waals surface area contributed by atoms with E-state index < -0.39 is 0 Å². The first-order valence-corrected chi connectivity index (χ1v) is 6.83. The topological polar surface area (TPSA) is 26.0 Å². The van der Waals surface area contributed by atoms with Gasteiger partial charge in [0.15, 0.2) is 0 Å². The molecule has 1 aliphatic carbocycles. The minimum Gasteiger partial charge on any atom is -0.325 e. The molecular weight excluding hydrogens is 178 g/mol. The minimum atomic E-state index is 0.188. The Hall–Kier alpha value is 0.310. The Morgan fingerprint density at radius 2 is 2.31 bits per heavy atom. The van der Waals surface area contributed by atoms with Crippen LogP contribution in [0.4, 0.5) is 0 Å². The maximum absolute atomic E-state index is 6.38. The molecule has 0 heterocycles. The lowest BCUT2D eigenvalue weighted by atomic mass is 9.75. The number of thioether (sulfide) groups is 1. The summed E-state index contributed by atoms with van der Waals surface area (Å²) in [6, 6.07) is 0. The summed E-state index contributed by atoms with van der Waals surface area (Å²) in [6.07, 6.45) is 9.95. The highest BCUT2D eigenvalue weighted by atomic mass is 32.2. The largest absolute Gasteiger partial charge is 0.325 e. The first-order valence-electron chi connectivity index (χ1n) is 5.44. The van der Waals surface area contributed by atoms with E-state index in [9.17, 15) is 0 Å². The summed E-state index contributed by atoms with van der Waals surface area (Å²) in [5.41, 5.74) is 6.57. The third-order valence-electron chi connectivity index (χ3n) is 3.15. The molecule has 2 unspecified atom stereocenters. The van der Waals surface area contributed by atoms with E-state index in [1.807, 2.05) is 11.8 Å². The molecule has 0 aromatic rings. The fraction of sp³-hybridized carbons (Fsp3) is 1.00. The van der Waals surface area contributed by atoms with Gasteiger partial charge >= 0.3 is 0 Å². The van der Waals surface area contributed by atoms with Crippen molar-refractivity contribution < 1.29 is 0 Å². The van der Waals surface area contributed by atoms with E-state index in [0.717, 1.165) is 5.92 Å². The summed E-state index contributed by atoms with van der Waals surface area (Å²) in [7, 11) is 0. The Morgan fingerprint density at radius 3 is 2.92 bits per heavy atom. The van der Waals surface area contributed by atoms with E-state index in [-0.39, 0.29) is 5.54 Å². The van der Waals surface area contributed by atoms with Crippen molar-refractivity contribution in [3.05, 3.63) is 0 Å². The Bertz CT molecular complexity index is 149. The van der Waals surface area contributed by atoms with E-state index in [0.29, 0.717) is 0 Å². The van der Waals surface area contributed by atoms with E-state index >= 15 is 0 Å². The average molecular weight is 201 g/mol. The molecule has 2 atom stereocenters. The zero-order valence-corrected chi connectivity index (χ0v) is 9.83. The molecule has 13 heavy (non-hydrogen) atoms. The minimum absolute atomic E-state index is 0.188. The van der Waals surface area contributed by atoms with Crippen LogP contribution in [-0.2, 0) is 0 Å². The van der Waals surface area contributed by atoms with Gasteiger partial charge in [0.05, 0.1) is 0 Å². The van der Waals surface area contributed by atoms with Gasteiger partial charge in [0.2, 0.25) is 0 Å². The lowest BCUT2D eigenvalue weighted by Crippen LogP contribution is -2.43. The van der Waals surface area contributed by atoms with Gasteiger partial charge < -0.3 is 5.73 Å². The molecule has 1 nitrogen and oxygen atoms in total. The molecule has 1 aliphatic rings. The second-order valence-electron chi connectivity index (χ2n) is 4.66. The smallest absolute Gasteiger partial charge is 0.0157 e. The van der Waals surface area contributed by atoms with Crippen LogP contribution in [0.3, 0.4) is 0 Å². The molecule has 78 valence electrons. The van der Waals surface area contributed by atoms with E-state index in [2.05, 4.69) is 13.2 Å². The predicted molar refractivity (Wildman–Crippen MR) is 62.2 cm³/mol. The summed E-state index contributed by atoms with van der Waals surface area (Å²) in [5.74, 6) is 2.13. The summed E-state index contributed by atoms with van der Waals surface area (Å²) >= 11 is 1.93. The van der Waals surface area contributed by atoms with Crippen LogP contribution >= 0.6 is 11.8 Å². The second-order valence-corrected chi connectivity index (χ2v) is 5.65. The SMILES string of the molecule is CSCCCC1(N)CCCC(C)C1. The van der Waals surface area contributed by atoms with E-state index in [1.54, 1.807) is 0 Å². The predicted octanol–water partition coefficient (Wildman–Crippen LogP) is 3.04. The van der Waals surface area contributed by atoms with Gasteiger partial charge in [0.1, 0.15) is 0 Å². The van der Waals surface area contributed by atoms with Crippen LogP contribution < -0.4 is 5.73 Å². The molecule has 1 saturated carbocycles. The van der Waals surface area contributed by atoms with E-state index in [1.165, 1.54) is 44.3 Å². The molecule has 0 aromatic carbocycles. The van der Waals surface area contributed by atoms with Crippen molar-refractivity contribution in [2.24, 2.45) is 11.7 Å². The van der Waals surface area contributed by atoms with Crippen LogP contribution in [0.25, 0.3) is 0 Å². The number of hydrogen-bond acceptors (Lipinski definition) is 2. The van der Waals surface area contributed by atoms with Crippen molar-refractivity contribution >= 4 is 11.8 Å². The van der Waals surface area contributed by atoms with Crippen LogP contribution in [0.15, 0.2) is 0 Å². The molecule has 1 fully saturated rings. The number of hydrogen-bond donors (Lipinski definition) is 1. The highest BCUT2D eigenvalue weighted by Gasteiger charge is 2.29. The molecular formula is C11H23NS. The van der Waals surface area contributed by atoms with Crippen molar-refractivity contribution in [2.45, 2.75) is 51.0 Å². The van der Waals surface area contributed by atoms with Gasteiger partial charge in [0, 0.05) is 5.54 Å².